The molecule has 1 nitrogen and oxygen atoms in total. The molecule has 1 rings (SSSR count). The number of carbonyl (C=O) groups excluding carboxylic acids is 1. The summed E-state index contributed by atoms with van der Waals surface area (Å²) in [6.07, 6.45) is -0.520. The summed E-state index contributed by atoms with van der Waals surface area (Å²) >= 11 is 5.24. The summed E-state index contributed by atoms with van der Waals surface area (Å²) in [4.78, 5) is 10.7. The van der Waals surface area contributed by atoms with Crippen LogP contribution < -0.4 is 0 Å². The summed E-state index contributed by atoms with van der Waals surface area (Å²) in [7, 11) is 0. The predicted molar refractivity (Wildman–Crippen MR) is 50.8 cm³/mol. The van der Waals surface area contributed by atoms with E-state index in [1.807, 2.05) is 0 Å². The van der Waals surface area contributed by atoms with Crippen molar-refractivity contribution in [3.63, 3.8) is 0 Å². The Kier molecular flexibility index (Phi) is 3.43. The van der Waals surface area contributed by atoms with E-state index in [0.29, 0.717) is 17.5 Å². The first kappa shape index (κ1) is 10.2. The molecule has 70 valence electrons. The molecule has 1 aromatic carbocycles. The van der Waals surface area contributed by atoms with Gasteiger partial charge >= 0.3 is 0 Å². The van der Waals surface area contributed by atoms with Crippen LogP contribution in [0.3, 0.4) is 0 Å². The number of alkyl halides is 1. The minimum absolute atomic E-state index is 0.397. The van der Waals surface area contributed by atoms with Crippen molar-refractivity contribution >= 4 is 16.8 Å². The number of rotatable bonds is 3. The van der Waals surface area contributed by atoms with E-state index in [2.05, 4.69) is 0 Å². The van der Waals surface area contributed by atoms with Crippen LogP contribution in [0.25, 0.3) is 0 Å². The Balaban J connectivity index is 2.87. The Morgan fingerprint density at radius 2 is 2.00 bits per heavy atom. The second-order valence-corrected chi connectivity index (χ2v) is 3.11. The SMILES string of the molecule is CCC(F)c1ccc(C(=O)Cl)cc1. The number of hydrogen-bond donors (Lipinski definition) is 0. The highest BCUT2D eigenvalue weighted by Gasteiger charge is 2.07. The fourth-order valence-electron chi connectivity index (χ4n) is 1.06. The van der Waals surface area contributed by atoms with Crippen LogP contribution in [0.5, 0.6) is 0 Å². The average Bonchev–Trinajstić information content (AvgIpc) is 2.17. The number of carbonyl (C=O) groups is 1. The van der Waals surface area contributed by atoms with Gasteiger partial charge < -0.3 is 0 Å². The normalized spacial score (nSPS) is 12.5. The number of halogens is 2. The molecule has 0 bridgehead atoms. The van der Waals surface area contributed by atoms with Gasteiger partial charge in [0, 0.05) is 5.56 Å². The van der Waals surface area contributed by atoms with Crippen molar-refractivity contribution in [1.29, 1.82) is 0 Å². The van der Waals surface area contributed by atoms with Gasteiger partial charge in [-0.05, 0) is 35.7 Å². The summed E-state index contributed by atoms with van der Waals surface area (Å²) in [6, 6.07) is 6.24. The van der Waals surface area contributed by atoms with E-state index >= 15 is 0 Å². The second-order valence-electron chi connectivity index (χ2n) is 2.77. The van der Waals surface area contributed by atoms with Crippen molar-refractivity contribution < 1.29 is 9.18 Å². The topological polar surface area (TPSA) is 17.1 Å². The molecule has 1 atom stereocenters. The van der Waals surface area contributed by atoms with Crippen molar-refractivity contribution in [1.82, 2.24) is 0 Å². The van der Waals surface area contributed by atoms with Crippen LogP contribution in [0.15, 0.2) is 24.3 Å². The molecule has 1 unspecified atom stereocenters. The zero-order valence-corrected chi connectivity index (χ0v) is 8.01. The summed E-state index contributed by atoms with van der Waals surface area (Å²) in [5.41, 5.74) is 0.984. The molecule has 0 fully saturated rings. The largest absolute Gasteiger partial charge is 0.276 e. The third-order valence-electron chi connectivity index (χ3n) is 1.86. The van der Waals surface area contributed by atoms with Crippen LogP contribution in [0.2, 0.25) is 0 Å². The average molecular weight is 201 g/mol. The van der Waals surface area contributed by atoms with Gasteiger partial charge in [-0.3, -0.25) is 4.79 Å². The summed E-state index contributed by atoms with van der Waals surface area (Å²) < 4.78 is 13.1. The first-order valence-corrected chi connectivity index (χ1v) is 4.46. The standard InChI is InChI=1S/C10H10ClFO/c1-2-9(12)7-3-5-8(6-4-7)10(11)13/h3-6,9H,2H2,1H3. The van der Waals surface area contributed by atoms with Crippen LogP contribution in [0, 0.1) is 0 Å². The van der Waals surface area contributed by atoms with Crippen molar-refractivity contribution in [3.8, 4) is 0 Å². The van der Waals surface area contributed by atoms with Crippen molar-refractivity contribution in [2.45, 2.75) is 19.5 Å². The third-order valence-corrected chi connectivity index (χ3v) is 2.08. The molecule has 1 aromatic rings. The lowest BCUT2D eigenvalue weighted by atomic mass is 10.1. The molecule has 0 aliphatic carbocycles. The smallest absolute Gasteiger partial charge is 0.252 e. The second kappa shape index (κ2) is 4.38. The summed E-state index contributed by atoms with van der Waals surface area (Å²) in [5.74, 6) is 0. The van der Waals surface area contributed by atoms with Crippen molar-refractivity contribution in [2.24, 2.45) is 0 Å². The maximum atomic E-state index is 13.1. The van der Waals surface area contributed by atoms with Gasteiger partial charge in [0.1, 0.15) is 6.17 Å². The van der Waals surface area contributed by atoms with E-state index in [0.717, 1.165) is 0 Å². The molecule has 0 aliphatic heterocycles. The maximum absolute atomic E-state index is 13.1. The van der Waals surface area contributed by atoms with Gasteiger partial charge in [0.25, 0.3) is 5.24 Å². The molecule has 0 saturated heterocycles. The Morgan fingerprint density at radius 1 is 1.46 bits per heavy atom. The monoisotopic (exact) mass is 200 g/mol. The fraction of sp³-hybridized carbons (Fsp3) is 0.300. The van der Waals surface area contributed by atoms with E-state index in [9.17, 15) is 9.18 Å². The molecule has 0 aromatic heterocycles. The molecule has 0 spiro atoms. The minimum atomic E-state index is -0.959. The fourth-order valence-corrected chi connectivity index (χ4v) is 1.18. The molecule has 0 amide bonds. The van der Waals surface area contributed by atoms with Gasteiger partial charge in [0.05, 0.1) is 0 Å². The van der Waals surface area contributed by atoms with E-state index < -0.39 is 11.4 Å². The molecule has 0 N–H and O–H groups in total. The molecule has 3 heteroatoms. The van der Waals surface area contributed by atoms with Gasteiger partial charge in [-0.1, -0.05) is 19.1 Å². The van der Waals surface area contributed by atoms with E-state index in [1.54, 1.807) is 19.1 Å². The highest BCUT2D eigenvalue weighted by molar-refractivity contribution is 6.67. The van der Waals surface area contributed by atoms with Crippen LogP contribution in [-0.2, 0) is 0 Å². The first-order valence-electron chi connectivity index (χ1n) is 4.09. The van der Waals surface area contributed by atoms with E-state index in [-0.39, 0.29) is 0 Å². The van der Waals surface area contributed by atoms with Crippen molar-refractivity contribution in [2.75, 3.05) is 0 Å². The summed E-state index contributed by atoms with van der Waals surface area (Å²) in [5, 5.41) is -0.515. The van der Waals surface area contributed by atoms with Crippen molar-refractivity contribution in [3.05, 3.63) is 35.4 Å². The number of benzene rings is 1. The Bertz CT molecular complexity index is 294. The van der Waals surface area contributed by atoms with Crippen LogP contribution in [0.4, 0.5) is 4.39 Å². The lowest BCUT2D eigenvalue weighted by Gasteiger charge is -2.04. The van der Waals surface area contributed by atoms with E-state index in [4.69, 9.17) is 11.6 Å². The van der Waals surface area contributed by atoms with Gasteiger partial charge in [-0.2, -0.15) is 0 Å². The summed E-state index contributed by atoms with van der Waals surface area (Å²) in [6.45, 7) is 1.77. The Hall–Kier alpha value is -0.890. The van der Waals surface area contributed by atoms with E-state index in [1.165, 1.54) is 12.1 Å². The third kappa shape index (κ3) is 2.52. The maximum Gasteiger partial charge on any atom is 0.252 e. The molecule has 0 radical (unpaired) electrons. The lowest BCUT2D eigenvalue weighted by Crippen LogP contribution is -1.92. The first-order chi connectivity index (χ1) is 6.15. The molecule has 0 aliphatic rings. The van der Waals surface area contributed by atoms with Gasteiger partial charge in [0.2, 0.25) is 0 Å². The number of hydrogen-bond acceptors (Lipinski definition) is 1. The quantitative estimate of drug-likeness (QED) is 0.683. The zero-order valence-electron chi connectivity index (χ0n) is 7.26. The van der Waals surface area contributed by atoms with Gasteiger partial charge in [-0.25, -0.2) is 4.39 Å². The molecular weight excluding hydrogens is 191 g/mol. The Morgan fingerprint density at radius 3 is 2.38 bits per heavy atom. The van der Waals surface area contributed by atoms with Gasteiger partial charge in [0.15, 0.2) is 0 Å². The highest BCUT2D eigenvalue weighted by atomic mass is 35.5. The molecule has 0 heterocycles. The van der Waals surface area contributed by atoms with Crippen LogP contribution >= 0.6 is 11.6 Å². The lowest BCUT2D eigenvalue weighted by molar-refractivity contribution is 0.108. The Labute approximate surface area is 81.5 Å². The van der Waals surface area contributed by atoms with Gasteiger partial charge in [-0.15, -0.1) is 0 Å². The van der Waals surface area contributed by atoms with Crippen LogP contribution in [-0.4, -0.2) is 5.24 Å². The van der Waals surface area contributed by atoms with Crippen LogP contribution in [0.1, 0.15) is 35.4 Å². The minimum Gasteiger partial charge on any atom is -0.276 e. The molecule has 13 heavy (non-hydrogen) atoms. The highest BCUT2D eigenvalue weighted by Crippen LogP contribution is 2.21. The zero-order chi connectivity index (χ0) is 9.84. The molecule has 0 saturated carbocycles. The predicted octanol–water partition coefficient (Wildman–Crippen LogP) is 3.49. The molecular formula is C10H10ClFO.